The van der Waals surface area contributed by atoms with Crippen LogP contribution in [0.5, 0.6) is 5.75 Å². The van der Waals surface area contributed by atoms with E-state index >= 15 is 0 Å². The number of ether oxygens (including phenoxy) is 1. The molecule has 0 aliphatic carbocycles. The van der Waals surface area contributed by atoms with Gasteiger partial charge in [0.05, 0.1) is 18.3 Å². The van der Waals surface area contributed by atoms with Crippen LogP contribution in [-0.4, -0.2) is 12.1 Å². The molecule has 0 radical (unpaired) electrons. The zero-order valence-electron chi connectivity index (χ0n) is 13.9. The number of rotatable bonds is 6. The van der Waals surface area contributed by atoms with E-state index in [2.05, 4.69) is 43.3 Å². The van der Waals surface area contributed by atoms with Crippen LogP contribution in [0.4, 0.5) is 0 Å². The smallest absolute Gasteiger partial charge is 0.119 e. The topological polar surface area (TPSA) is 22.1 Å². The van der Waals surface area contributed by atoms with Gasteiger partial charge in [0.25, 0.3) is 0 Å². The third-order valence-electron chi connectivity index (χ3n) is 4.22. The lowest BCUT2D eigenvalue weighted by Gasteiger charge is -2.06. The van der Waals surface area contributed by atoms with Crippen molar-refractivity contribution in [2.75, 3.05) is 7.11 Å². The van der Waals surface area contributed by atoms with Gasteiger partial charge in [-0.2, -0.15) is 0 Å². The van der Waals surface area contributed by atoms with Crippen molar-refractivity contribution in [3.63, 3.8) is 0 Å². The third kappa shape index (κ3) is 3.70. The van der Waals surface area contributed by atoms with Gasteiger partial charge in [0, 0.05) is 10.9 Å². The highest BCUT2D eigenvalue weighted by atomic mass is 16.5. The Morgan fingerprint density at radius 1 is 0.913 bits per heavy atom. The monoisotopic (exact) mass is 305 g/mol. The van der Waals surface area contributed by atoms with Crippen LogP contribution < -0.4 is 4.74 Å². The fourth-order valence-corrected chi connectivity index (χ4v) is 2.81. The Labute approximate surface area is 138 Å². The number of methoxy groups -OCH3 is 1. The number of benzene rings is 2. The predicted octanol–water partition coefficient (Wildman–Crippen LogP) is 5.64. The first kappa shape index (κ1) is 15.5. The van der Waals surface area contributed by atoms with Crippen LogP contribution in [-0.2, 0) is 6.42 Å². The molecular formula is C21H23NO. The number of hydrogen-bond donors (Lipinski definition) is 0. The van der Waals surface area contributed by atoms with Crippen LogP contribution in [0, 0.1) is 0 Å². The molecule has 0 spiro atoms. The van der Waals surface area contributed by atoms with E-state index in [1.54, 1.807) is 7.11 Å². The van der Waals surface area contributed by atoms with Gasteiger partial charge in [-0.3, -0.25) is 0 Å². The normalized spacial score (nSPS) is 10.9. The average Bonchev–Trinajstić information content (AvgIpc) is 2.61. The SMILES string of the molecule is CCCCCc1ccc(-c2ccc3cc(OC)ccc3n2)cc1. The van der Waals surface area contributed by atoms with E-state index in [0.717, 1.165) is 22.3 Å². The number of fused-ring (bicyclic) bond motifs is 1. The highest BCUT2D eigenvalue weighted by Crippen LogP contribution is 2.24. The van der Waals surface area contributed by atoms with Gasteiger partial charge in [-0.05, 0) is 42.7 Å². The molecule has 0 aliphatic heterocycles. The van der Waals surface area contributed by atoms with Crippen LogP contribution >= 0.6 is 0 Å². The van der Waals surface area contributed by atoms with Crippen LogP contribution in [0.1, 0.15) is 31.7 Å². The molecule has 23 heavy (non-hydrogen) atoms. The fraction of sp³-hybridized carbons (Fsp3) is 0.286. The standard InChI is InChI=1S/C21H23NO/c1-3-4-5-6-16-7-9-17(10-8-16)20-13-11-18-15-19(23-2)12-14-21(18)22-20/h7-15H,3-6H2,1-2H3. The summed E-state index contributed by atoms with van der Waals surface area (Å²) < 4.78 is 5.26. The molecule has 0 atom stereocenters. The molecule has 2 heteroatoms. The minimum Gasteiger partial charge on any atom is -0.497 e. The third-order valence-corrected chi connectivity index (χ3v) is 4.22. The van der Waals surface area contributed by atoms with Crippen molar-refractivity contribution in [3.8, 4) is 17.0 Å². The van der Waals surface area contributed by atoms with Crippen molar-refractivity contribution in [1.82, 2.24) is 4.98 Å². The molecule has 1 aromatic heterocycles. The molecule has 0 fully saturated rings. The van der Waals surface area contributed by atoms with Crippen molar-refractivity contribution in [2.45, 2.75) is 32.6 Å². The second kappa shape index (κ2) is 7.28. The number of pyridine rings is 1. The van der Waals surface area contributed by atoms with Crippen LogP contribution in [0.2, 0.25) is 0 Å². The first-order chi connectivity index (χ1) is 11.3. The summed E-state index contributed by atoms with van der Waals surface area (Å²) in [5, 5.41) is 1.10. The predicted molar refractivity (Wildman–Crippen MR) is 97.0 cm³/mol. The van der Waals surface area contributed by atoms with Gasteiger partial charge < -0.3 is 4.74 Å². The van der Waals surface area contributed by atoms with E-state index in [1.165, 1.54) is 36.8 Å². The number of aryl methyl sites for hydroxylation is 1. The van der Waals surface area contributed by atoms with E-state index in [4.69, 9.17) is 9.72 Å². The molecule has 0 aliphatic rings. The van der Waals surface area contributed by atoms with Gasteiger partial charge >= 0.3 is 0 Å². The zero-order valence-corrected chi connectivity index (χ0v) is 13.9. The lowest BCUT2D eigenvalue weighted by molar-refractivity contribution is 0.415. The average molecular weight is 305 g/mol. The molecule has 0 saturated carbocycles. The molecule has 0 N–H and O–H groups in total. The summed E-state index contributed by atoms with van der Waals surface area (Å²) in [6.45, 7) is 2.24. The molecule has 118 valence electrons. The molecule has 3 rings (SSSR count). The second-order valence-corrected chi connectivity index (χ2v) is 5.91. The van der Waals surface area contributed by atoms with Gasteiger partial charge in [0.1, 0.15) is 5.75 Å². The van der Waals surface area contributed by atoms with Gasteiger partial charge in [0.2, 0.25) is 0 Å². The van der Waals surface area contributed by atoms with Crippen LogP contribution in [0.25, 0.3) is 22.2 Å². The Bertz CT molecular complexity index is 777. The summed E-state index contributed by atoms with van der Waals surface area (Å²) in [6.07, 6.45) is 5.01. The Balaban J connectivity index is 1.82. The Hall–Kier alpha value is -2.35. The summed E-state index contributed by atoms with van der Waals surface area (Å²) in [4.78, 5) is 4.77. The first-order valence-corrected chi connectivity index (χ1v) is 8.34. The second-order valence-electron chi connectivity index (χ2n) is 5.91. The van der Waals surface area contributed by atoms with E-state index in [9.17, 15) is 0 Å². The van der Waals surface area contributed by atoms with E-state index in [-0.39, 0.29) is 0 Å². The first-order valence-electron chi connectivity index (χ1n) is 8.34. The number of unbranched alkanes of at least 4 members (excludes halogenated alkanes) is 2. The van der Waals surface area contributed by atoms with Crippen molar-refractivity contribution in [2.24, 2.45) is 0 Å². The highest BCUT2D eigenvalue weighted by Gasteiger charge is 2.03. The molecule has 0 saturated heterocycles. The molecule has 0 bridgehead atoms. The molecule has 2 nitrogen and oxygen atoms in total. The van der Waals surface area contributed by atoms with E-state index < -0.39 is 0 Å². The van der Waals surface area contributed by atoms with Gasteiger partial charge in [-0.25, -0.2) is 4.98 Å². The largest absolute Gasteiger partial charge is 0.497 e. The Kier molecular flexibility index (Phi) is 4.92. The Morgan fingerprint density at radius 2 is 1.74 bits per heavy atom. The summed E-state index contributed by atoms with van der Waals surface area (Å²) in [5.74, 6) is 0.864. The molecule has 3 aromatic rings. The lowest BCUT2D eigenvalue weighted by atomic mass is 10.0. The van der Waals surface area contributed by atoms with Crippen LogP contribution in [0.15, 0.2) is 54.6 Å². The molecule has 0 amide bonds. The highest BCUT2D eigenvalue weighted by molar-refractivity contribution is 5.82. The summed E-state index contributed by atoms with van der Waals surface area (Å²) in [5.41, 5.74) is 4.59. The van der Waals surface area contributed by atoms with Crippen molar-refractivity contribution >= 4 is 10.9 Å². The van der Waals surface area contributed by atoms with Crippen molar-refractivity contribution in [3.05, 3.63) is 60.2 Å². The minimum absolute atomic E-state index is 0.864. The van der Waals surface area contributed by atoms with Gasteiger partial charge in [-0.1, -0.05) is 50.1 Å². The maximum atomic E-state index is 5.26. The Morgan fingerprint density at radius 3 is 2.48 bits per heavy atom. The number of hydrogen-bond acceptors (Lipinski definition) is 2. The maximum absolute atomic E-state index is 5.26. The zero-order chi connectivity index (χ0) is 16.1. The summed E-state index contributed by atoms with van der Waals surface area (Å²) in [6, 6.07) is 19.0. The molecule has 2 aromatic carbocycles. The quantitative estimate of drug-likeness (QED) is 0.549. The fourth-order valence-electron chi connectivity index (χ4n) is 2.81. The molecular weight excluding hydrogens is 282 g/mol. The van der Waals surface area contributed by atoms with E-state index in [1.807, 2.05) is 18.2 Å². The van der Waals surface area contributed by atoms with Crippen LogP contribution in [0.3, 0.4) is 0 Å². The summed E-state index contributed by atoms with van der Waals surface area (Å²) in [7, 11) is 1.69. The number of nitrogens with zero attached hydrogens (tertiary/aromatic N) is 1. The lowest BCUT2D eigenvalue weighted by Crippen LogP contribution is -1.89. The molecule has 0 unspecified atom stereocenters. The van der Waals surface area contributed by atoms with Gasteiger partial charge in [0.15, 0.2) is 0 Å². The van der Waals surface area contributed by atoms with E-state index in [0.29, 0.717) is 0 Å². The maximum Gasteiger partial charge on any atom is 0.119 e. The minimum atomic E-state index is 0.864. The van der Waals surface area contributed by atoms with Crippen molar-refractivity contribution < 1.29 is 4.74 Å². The summed E-state index contributed by atoms with van der Waals surface area (Å²) >= 11 is 0. The van der Waals surface area contributed by atoms with Crippen molar-refractivity contribution in [1.29, 1.82) is 0 Å². The molecule has 1 heterocycles. The van der Waals surface area contributed by atoms with Gasteiger partial charge in [-0.15, -0.1) is 0 Å². The number of aromatic nitrogens is 1.